The molecule has 2 aromatic heterocycles. The zero-order valence-electron chi connectivity index (χ0n) is 13.2. The molecule has 0 amide bonds. The lowest BCUT2D eigenvalue weighted by molar-refractivity contribution is 0.627. The summed E-state index contributed by atoms with van der Waals surface area (Å²) in [6.45, 7) is 4.68. The molecule has 0 radical (unpaired) electrons. The quantitative estimate of drug-likeness (QED) is 0.740. The second-order valence-electron chi connectivity index (χ2n) is 5.51. The zero-order chi connectivity index (χ0) is 16.6. The predicted octanol–water partition coefficient (Wildman–Crippen LogP) is 3.47. The van der Waals surface area contributed by atoms with E-state index in [9.17, 15) is 0 Å². The lowest BCUT2D eigenvalue weighted by Crippen LogP contribution is -2.07. The maximum Gasteiger partial charge on any atom is 0.101 e. The Bertz CT molecular complexity index is 914. The number of benzene rings is 1. The van der Waals surface area contributed by atoms with Crippen molar-refractivity contribution in [1.82, 2.24) is 19.3 Å². The highest BCUT2D eigenvalue weighted by Gasteiger charge is 2.15. The molecule has 3 rings (SSSR count). The van der Waals surface area contributed by atoms with Gasteiger partial charge in [-0.15, -0.1) is 0 Å². The van der Waals surface area contributed by atoms with Crippen molar-refractivity contribution in [2.75, 3.05) is 0 Å². The van der Waals surface area contributed by atoms with E-state index in [1.807, 2.05) is 48.5 Å². The molecule has 23 heavy (non-hydrogen) atoms. The normalized spacial score (nSPS) is 10.7. The van der Waals surface area contributed by atoms with Crippen molar-refractivity contribution in [3.8, 4) is 17.2 Å². The molecule has 0 atom stereocenters. The Hall–Kier alpha value is -2.58. The van der Waals surface area contributed by atoms with Crippen LogP contribution in [0.3, 0.4) is 0 Å². The van der Waals surface area contributed by atoms with Crippen LogP contribution in [0.15, 0.2) is 30.7 Å². The SMILES string of the molecule is Cc1nn(Cc2cncn2C)c(C)c1-c1ccc(C#N)c(Cl)c1. The Balaban J connectivity index is 2.03. The topological polar surface area (TPSA) is 59.4 Å². The van der Waals surface area contributed by atoms with Crippen LogP contribution >= 0.6 is 11.6 Å². The van der Waals surface area contributed by atoms with E-state index in [1.54, 1.807) is 12.4 Å². The first-order valence-corrected chi connectivity index (χ1v) is 7.58. The third-order valence-electron chi connectivity index (χ3n) is 3.99. The zero-order valence-corrected chi connectivity index (χ0v) is 14.0. The molecule has 3 aromatic rings. The number of nitriles is 1. The minimum atomic E-state index is 0.461. The van der Waals surface area contributed by atoms with Gasteiger partial charge in [-0.2, -0.15) is 10.4 Å². The van der Waals surface area contributed by atoms with Crippen LogP contribution in [0.2, 0.25) is 5.02 Å². The fourth-order valence-corrected chi connectivity index (χ4v) is 2.94. The van der Waals surface area contributed by atoms with Crippen LogP contribution in [0.4, 0.5) is 0 Å². The Morgan fingerprint density at radius 1 is 1.30 bits per heavy atom. The smallest absolute Gasteiger partial charge is 0.101 e. The van der Waals surface area contributed by atoms with Crippen molar-refractivity contribution in [3.05, 3.63) is 58.4 Å². The second-order valence-corrected chi connectivity index (χ2v) is 5.91. The number of hydrogen-bond acceptors (Lipinski definition) is 3. The molecule has 0 N–H and O–H groups in total. The number of hydrogen-bond donors (Lipinski definition) is 0. The highest BCUT2D eigenvalue weighted by Crippen LogP contribution is 2.30. The molecule has 0 spiro atoms. The maximum absolute atomic E-state index is 9.00. The van der Waals surface area contributed by atoms with Crippen LogP contribution in [0, 0.1) is 25.2 Å². The molecular formula is C17H16ClN5. The highest BCUT2D eigenvalue weighted by molar-refractivity contribution is 6.32. The summed E-state index contributed by atoms with van der Waals surface area (Å²) >= 11 is 6.17. The number of rotatable bonds is 3. The lowest BCUT2D eigenvalue weighted by Gasteiger charge is -2.07. The van der Waals surface area contributed by atoms with Gasteiger partial charge in [-0.25, -0.2) is 4.98 Å². The van der Waals surface area contributed by atoms with Gasteiger partial charge in [-0.3, -0.25) is 4.68 Å². The van der Waals surface area contributed by atoms with Gasteiger partial charge in [0.05, 0.1) is 41.0 Å². The van der Waals surface area contributed by atoms with Crippen molar-refractivity contribution in [3.63, 3.8) is 0 Å². The molecule has 0 saturated carbocycles. The largest absolute Gasteiger partial charge is 0.336 e. The van der Waals surface area contributed by atoms with Gasteiger partial charge in [0.25, 0.3) is 0 Å². The summed E-state index contributed by atoms with van der Waals surface area (Å²) < 4.78 is 3.95. The molecule has 0 unspecified atom stereocenters. The van der Waals surface area contributed by atoms with Crippen LogP contribution in [-0.2, 0) is 13.6 Å². The number of imidazole rings is 1. The average molecular weight is 326 g/mol. The lowest BCUT2D eigenvalue weighted by atomic mass is 10.0. The van der Waals surface area contributed by atoms with Crippen molar-refractivity contribution < 1.29 is 0 Å². The number of nitrogens with zero attached hydrogens (tertiary/aromatic N) is 5. The average Bonchev–Trinajstić information content (AvgIpc) is 3.03. The summed E-state index contributed by atoms with van der Waals surface area (Å²) in [5, 5.41) is 14.1. The van der Waals surface area contributed by atoms with Crippen LogP contribution < -0.4 is 0 Å². The van der Waals surface area contributed by atoms with Gasteiger partial charge in [0.1, 0.15) is 6.07 Å². The summed E-state index contributed by atoms with van der Waals surface area (Å²) in [5.41, 5.74) is 5.58. The third kappa shape index (κ3) is 2.73. The van der Waals surface area contributed by atoms with Gasteiger partial charge in [-0.05, 0) is 31.5 Å². The summed E-state index contributed by atoms with van der Waals surface area (Å²) in [5.74, 6) is 0. The van der Waals surface area contributed by atoms with Crippen LogP contribution in [0.25, 0.3) is 11.1 Å². The predicted molar refractivity (Wildman–Crippen MR) is 89.2 cm³/mol. The van der Waals surface area contributed by atoms with Crippen molar-refractivity contribution in [2.24, 2.45) is 7.05 Å². The van der Waals surface area contributed by atoms with Crippen LogP contribution in [0.1, 0.15) is 22.6 Å². The second kappa shape index (κ2) is 5.90. The van der Waals surface area contributed by atoms with Crippen LogP contribution in [-0.4, -0.2) is 19.3 Å². The van der Waals surface area contributed by atoms with Crippen molar-refractivity contribution >= 4 is 11.6 Å². The molecule has 5 nitrogen and oxygen atoms in total. The number of halogens is 1. The van der Waals surface area contributed by atoms with Crippen molar-refractivity contribution in [1.29, 1.82) is 5.26 Å². The maximum atomic E-state index is 9.00. The summed E-state index contributed by atoms with van der Waals surface area (Å²) in [6, 6.07) is 7.56. The van der Waals surface area contributed by atoms with E-state index in [0.29, 0.717) is 17.1 Å². The fourth-order valence-electron chi connectivity index (χ4n) is 2.72. The fraction of sp³-hybridized carbons (Fsp3) is 0.235. The Morgan fingerprint density at radius 3 is 2.70 bits per heavy atom. The van der Waals surface area contributed by atoms with E-state index in [2.05, 4.69) is 16.2 Å². The van der Waals surface area contributed by atoms with Gasteiger partial charge in [-0.1, -0.05) is 17.7 Å². The first-order valence-electron chi connectivity index (χ1n) is 7.20. The van der Waals surface area contributed by atoms with E-state index in [4.69, 9.17) is 16.9 Å². The van der Waals surface area contributed by atoms with E-state index in [1.165, 1.54) is 0 Å². The highest BCUT2D eigenvalue weighted by atomic mass is 35.5. The number of aromatic nitrogens is 4. The summed E-state index contributed by atoms with van der Waals surface area (Å²) in [4.78, 5) is 4.14. The molecule has 0 aliphatic heterocycles. The monoisotopic (exact) mass is 325 g/mol. The van der Waals surface area contributed by atoms with Gasteiger partial charge in [0.2, 0.25) is 0 Å². The first-order chi connectivity index (χ1) is 11.0. The standard InChI is InChI=1S/C17H16ClN5/c1-11-17(13-4-5-14(7-19)16(18)6-13)12(2)23(21-11)9-15-8-20-10-22(15)3/h4-6,8,10H,9H2,1-3H3. The minimum Gasteiger partial charge on any atom is -0.336 e. The Kier molecular flexibility index (Phi) is 3.93. The van der Waals surface area contributed by atoms with Gasteiger partial charge < -0.3 is 4.57 Å². The van der Waals surface area contributed by atoms with Gasteiger partial charge >= 0.3 is 0 Å². The molecule has 0 bridgehead atoms. The summed E-state index contributed by atoms with van der Waals surface area (Å²) in [6.07, 6.45) is 3.62. The molecule has 2 heterocycles. The van der Waals surface area contributed by atoms with Gasteiger partial charge in [0.15, 0.2) is 0 Å². The molecule has 6 heteroatoms. The van der Waals surface area contributed by atoms with E-state index in [-0.39, 0.29) is 0 Å². The third-order valence-corrected chi connectivity index (χ3v) is 4.30. The summed E-state index contributed by atoms with van der Waals surface area (Å²) in [7, 11) is 1.97. The molecule has 0 saturated heterocycles. The van der Waals surface area contributed by atoms with Crippen LogP contribution in [0.5, 0.6) is 0 Å². The Labute approximate surface area is 139 Å². The minimum absolute atomic E-state index is 0.461. The molecule has 0 fully saturated rings. The van der Waals surface area contributed by atoms with E-state index in [0.717, 1.165) is 28.2 Å². The van der Waals surface area contributed by atoms with E-state index < -0.39 is 0 Å². The molecule has 0 aliphatic carbocycles. The van der Waals surface area contributed by atoms with E-state index >= 15 is 0 Å². The number of aryl methyl sites for hydroxylation is 2. The van der Waals surface area contributed by atoms with Gasteiger partial charge in [0, 0.05) is 18.3 Å². The first kappa shape index (κ1) is 15.3. The molecule has 1 aromatic carbocycles. The van der Waals surface area contributed by atoms with Crippen molar-refractivity contribution in [2.45, 2.75) is 20.4 Å². The Morgan fingerprint density at radius 2 is 2.09 bits per heavy atom. The molecular weight excluding hydrogens is 310 g/mol. The molecule has 116 valence electrons. The molecule has 0 aliphatic rings.